The molecule has 0 aromatic heterocycles. The van der Waals surface area contributed by atoms with Crippen molar-refractivity contribution in [3.8, 4) is 0 Å². The van der Waals surface area contributed by atoms with E-state index in [-0.39, 0.29) is 0 Å². The van der Waals surface area contributed by atoms with Gasteiger partial charge in [0, 0.05) is 10.9 Å². The predicted molar refractivity (Wildman–Crippen MR) is 71.9 cm³/mol. The Bertz CT molecular complexity index is 397. The molecule has 1 fully saturated rings. The Morgan fingerprint density at radius 1 is 1.28 bits per heavy atom. The Kier molecular flexibility index (Phi) is 5.01. The second-order valence-electron chi connectivity index (χ2n) is 4.80. The van der Waals surface area contributed by atoms with Crippen molar-refractivity contribution in [1.82, 2.24) is 5.32 Å². The van der Waals surface area contributed by atoms with Crippen molar-refractivity contribution in [2.45, 2.75) is 36.6 Å². The van der Waals surface area contributed by atoms with Gasteiger partial charge in [-0.05, 0) is 56.2 Å². The van der Waals surface area contributed by atoms with E-state index in [0.29, 0.717) is 6.04 Å². The highest BCUT2D eigenvalue weighted by Crippen LogP contribution is 2.31. The number of thioether (sulfide) groups is 1. The van der Waals surface area contributed by atoms with Gasteiger partial charge in [-0.1, -0.05) is 6.42 Å². The third-order valence-corrected chi connectivity index (χ3v) is 4.71. The summed E-state index contributed by atoms with van der Waals surface area (Å²) in [5.74, 6) is 0.167. The van der Waals surface area contributed by atoms with Gasteiger partial charge >= 0.3 is 0 Å². The quantitative estimate of drug-likeness (QED) is 0.817. The highest BCUT2D eigenvalue weighted by molar-refractivity contribution is 7.99. The van der Waals surface area contributed by atoms with E-state index >= 15 is 0 Å². The molecule has 100 valence electrons. The molecule has 1 nitrogen and oxygen atoms in total. The van der Waals surface area contributed by atoms with Crippen LogP contribution in [0.3, 0.4) is 0 Å². The van der Waals surface area contributed by atoms with E-state index in [9.17, 15) is 8.78 Å². The maximum absolute atomic E-state index is 13.0. The second-order valence-corrected chi connectivity index (χ2v) is 5.97. The van der Waals surface area contributed by atoms with E-state index in [1.807, 2.05) is 7.05 Å². The first-order valence-corrected chi connectivity index (χ1v) is 7.44. The molecule has 1 saturated carbocycles. The molecule has 2 unspecified atom stereocenters. The van der Waals surface area contributed by atoms with Crippen LogP contribution in [0.4, 0.5) is 8.78 Å². The van der Waals surface area contributed by atoms with Crippen LogP contribution in [0.5, 0.6) is 0 Å². The van der Waals surface area contributed by atoms with Crippen LogP contribution in [-0.4, -0.2) is 18.8 Å². The van der Waals surface area contributed by atoms with Gasteiger partial charge in [0.1, 0.15) is 0 Å². The van der Waals surface area contributed by atoms with Crippen molar-refractivity contribution < 1.29 is 8.78 Å². The molecule has 0 amide bonds. The smallest absolute Gasteiger partial charge is 0.159 e. The van der Waals surface area contributed by atoms with Crippen molar-refractivity contribution in [2.24, 2.45) is 5.92 Å². The Morgan fingerprint density at radius 2 is 2.11 bits per heavy atom. The third-order valence-electron chi connectivity index (χ3n) is 3.68. The first kappa shape index (κ1) is 13.8. The summed E-state index contributed by atoms with van der Waals surface area (Å²) in [5.41, 5.74) is 0. The van der Waals surface area contributed by atoms with E-state index in [4.69, 9.17) is 0 Å². The maximum Gasteiger partial charge on any atom is 0.159 e. The van der Waals surface area contributed by atoms with Gasteiger partial charge in [0.2, 0.25) is 0 Å². The molecule has 2 rings (SSSR count). The average Bonchev–Trinajstić information content (AvgIpc) is 2.81. The largest absolute Gasteiger partial charge is 0.317 e. The monoisotopic (exact) mass is 271 g/mol. The van der Waals surface area contributed by atoms with Crippen LogP contribution in [0.2, 0.25) is 0 Å². The summed E-state index contributed by atoms with van der Waals surface area (Å²) in [6.07, 6.45) is 4.97. The molecule has 0 spiro atoms. The highest BCUT2D eigenvalue weighted by atomic mass is 32.2. The fourth-order valence-corrected chi connectivity index (χ4v) is 3.66. The number of hydrogen-bond donors (Lipinski definition) is 1. The zero-order valence-electron chi connectivity index (χ0n) is 10.6. The minimum atomic E-state index is -0.773. The van der Waals surface area contributed by atoms with Gasteiger partial charge < -0.3 is 5.32 Å². The molecule has 1 aromatic carbocycles. The van der Waals surface area contributed by atoms with E-state index in [0.717, 1.165) is 23.0 Å². The molecule has 18 heavy (non-hydrogen) atoms. The molecule has 1 aromatic rings. The highest BCUT2D eigenvalue weighted by Gasteiger charge is 2.25. The van der Waals surface area contributed by atoms with Gasteiger partial charge in [-0.2, -0.15) is 0 Å². The van der Waals surface area contributed by atoms with Crippen molar-refractivity contribution in [2.75, 3.05) is 12.8 Å². The lowest BCUT2D eigenvalue weighted by atomic mass is 10.0. The summed E-state index contributed by atoms with van der Waals surface area (Å²) in [7, 11) is 2.02. The number of halogens is 2. The van der Waals surface area contributed by atoms with Crippen molar-refractivity contribution in [1.29, 1.82) is 0 Å². The van der Waals surface area contributed by atoms with Crippen LogP contribution >= 0.6 is 11.8 Å². The van der Waals surface area contributed by atoms with Crippen LogP contribution < -0.4 is 5.32 Å². The summed E-state index contributed by atoms with van der Waals surface area (Å²) in [4.78, 5) is 0.813. The summed E-state index contributed by atoms with van der Waals surface area (Å²) in [6, 6.07) is 4.76. The van der Waals surface area contributed by atoms with Gasteiger partial charge in [0.15, 0.2) is 11.6 Å². The maximum atomic E-state index is 13.0. The lowest BCUT2D eigenvalue weighted by molar-refractivity contribution is 0.417. The van der Waals surface area contributed by atoms with E-state index < -0.39 is 11.6 Å². The summed E-state index contributed by atoms with van der Waals surface area (Å²) < 4.78 is 25.8. The molecular formula is C14H19F2NS. The fourth-order valence-electron chi connectivity index (χ4n) is 2.66. The van der Waals surface area contributed by atoms with Gasteiger partial charge in [-0.3, -0.25) is 0 Å². The molecule has 0 radical (unpaired) electrons. The van der Waals surface area contributed by atoms with E-state index in [2.05, 4.69) is 5.32 Å². The molecule has 2 atom stereocenters. The minimum Gasteiger partial charge on any atom is -0.317 e. The zero-order chi connectivity index (χ0) is 13.0. The van der Waals surface area contributed by atoms with Crippen LogP contribution in [0, 0.1) is 17.6 Å². The molecule has 0 heterocycles. The topological polar surface area (TPSA) is 12.0 Å². The van der Waals surface area contributed by atoms with Crippen molar-refractivity contribution >= 4 is 11.8 Å². The van der Waals surface area contributed by atoms with Gasteiger partial charge in [-0.25, -0.2) is 8.78 Å². The van der Waals surface area contributed by atoms with Gasteiger partial charge in [0.25, 0.3) is 0 Å². The van der Waals surface area contributed by atoms with E-state index in [1.54, 1.807) is 17.8 Å². The second kappa shape index (κ2) is 6.53. The Hall–Kier alpha value is -0.610. The third kappa shape index (κ3) is 3.45. The van der Waals surface area contributed by atoms with E-state index in [1.165, 1.54) is 31.4 Å². The van der Waals surface area contributed by atoms with Crippen LogP contribution in [-0.2, 0) is 0 Å². The first-order valence-electron chi connectivity index (χ1n) is 6.46. The predicted octanol–water partition coefficient (Wildman–Crippen LogP) is 3.84. The lowest BCUT2D eigenvalue weighted by Gasteiger charge is -2.18. The molecular weight excluding hydrogens is 252 g/mol. The molecule has 1 aliphatic rings. The number of hydrogen-bond acceptors (Lipinski definition) is 2. The molecule has 0 saturated heterocycles. The summed E-state index contributed by atoms with van der Waals surface area (Å²) in [6.45, 7) is 0. The van der Waals surface area contributed by atoms with Gasteiger partial charge in [0.05, 0.1) is 0 Å². The molecule has 0 aliphatic heterocycles. The Balaban J connectivity index is 1.79. The Labute approximate surface area is 111 Å². The lowest BCUT2D eigenvalue weighted by Crippen LogP contribution is -2.29. The number of benzene rings is 1. The normalized spacial score (nSPS) is 23.5. The van der Waals surface area contributed by atoms with Crippen LogP contribution in [0.1, 0.15) is 25.7 Å². The molecule has 0 bridgehead atoms. The molecule has 4 heteroatoms. The van der Waals surface area contributed by atoms with Crippen LogP contribution in [0.15, 0.2) is 23.1 Å². The SMILES string of the molecule is CNC1CCCC1CCSc1ccc(F)c(F)c1. The van der Waals surface area contributed by atoms with Gasteiger partial charge in [-0.15, -0.1) is 11.8 Å². The number of nitrogens with one attached hydrogen (secondary N) is 1. The standard InChI is InChI=1S/C14H19F2NS/c1-17-14-4-2-3-10(14)7-8-18-11-5-6-12(15)13(16)9-11/h5-6,9-10,14,17H,2-4,7-8H2,1H3. The average molecular weight is 271 g/mol. The summed E-state index contributed by atoms with van der Waals surface area (Å²) in [5, 5.41) is 3.36. The number of rotatable bonds is 5. The zero-order valence-corrected chi connectivity index (χ0v) is 11.4. The van der Waals surface area contributed by atoms with Crippen molar-refractivity contribution in [3.63, 3.8) is 0 Å². The Morgan fingerprint density at radius 3 is 2.83 bits per heavy atom. The molecule has 1 N–H and O–H groups in total. The van der Waals surface area contributed by atoms with Crippen molar-refractivity contribution in [3.05, 3.63) is 29.8 Å². The fraction of sp³-hybridized carbons (Fsp3) is 0.571. The minimum absolute atomic E-state index is 0.635. The van der Waals surface area contributed by atoms with Crippen LogP contribution in [0.25, 0.3) is 0 Å². The molecule has 1 aliphatic carbocycles. The summed E-state index contributed by atoms with van der Waals surface area (Å²) >= 11 is 1.61. The first-order chi connectivity index (χ1) is 8.70.